The zero-order valence-electron chi connectivity index (χ0n) is 16.6. The molecule has 1 saturated carbocycles. The van der Waals surface area contributed by atoms with Crippen LogP contribution in [-0.4, -0.2) is 47.2 Å². The molecule has 2 N–H and O–H groups in total. The van der Waals surface area contributed by atoms with Gasteiger partial charge in [0.15, 0.2) is 0 Å². The largest absolute Gasteiger partial charge is 0.497 e. The van der Waals surface area contributed by atoms with Crippen molar-refractivity contribution in [3.8, 4) is 5.75 Å². The number of amides is 1. The molecule has 0 bridgehead atoms. The molecule has 4 rings (SSSR count). The lowest BCUT2D eigenvalue weighted by molar-refractivity contribution is 0.0713. The number of methoxy groups -OCH3 is 1. The van der Waals surface area contributed by atoms with Gasteiger partial charge in [-0.1, -0.05) is 19.3 Å². The Morgan fingerprint density at radius 3 is 2.68 bits per heavy atom. The van der Waals surface area contributed by atoms with Crippen LogP contribution in [0.2, 0.25) is 0 Å². The Balaban J connectivity index is 1.41. The highest BCUT2D eigenvalue weighted by Gasteiger charge is 2.29. The summed E-state index contributed by atoms with van der Waals surface area (Å²) in [7, 11) is 1.67. The van der Waals surface area contributed by atoms with Gasteiger partial charge in [-0.2, -0.15) is 5.10 Å². The number of benzene rings is 1. The number of hydrogen-bond donors (Lipinski definition) is 2. The van der Waals surface area contributed by atoms with Crippen molar-refractivity contribution in [1.29, 1.82) is 0 Å². The van der Waals surface area contributed by atoms with E-state index in [1.807, 2.05) is 29.2 Å². The van der Waals surface area contributed by atoms with Gasteiger partial charge < -0.3 is 15.0 Å². The third-order valence-electron chi connectivity index (χ3n) is 6.08. The van der Waals surface area contributed by atoms with E-state index in [9.17, 15) is 4.79 Å². The first-order chi connectivity index (χ1) is 13.7. The van der Waals surface area contributed by atoms with Gasteiger partial charge in [0.25, 0.3) is 5.91 Å². The molecule has 6 heteroatoms. The van der Waals surface area contributed by atoms with Crippen molar-refractivity contribution < 1.29 is 9.53 Å². The molecule has 150 valence electrons. The van der Waals surface area contributed by atoms with E-state index < -0.39 is 0 Å². The number of nitrogens with zero attached hydrogens (tertiary/aromatic N) is 2. The fraction of sp³-hybridized carbons (Fsp3) is 0.545. The van der Waals surface area contributed by atoms with Gasteiger partial charge in [-0.3, -0.25) is 9.89 Å². The summed E-state index contributed by atoms with van der Waals surface area (Å²) in [6.07, 6.45) is 9.91. The van der Waals surface area contributed by atoms with Gasteiger partial charge in [-0.05, 0) is 49.9 Å². The van der Waals surface area contributed by atoms with E-state index in [1.165, 1.54) is 19.3 Å². The van der Waals surface area contributed by atoms with Crippen molar-refractivity contribution in [1.82, 2.24) is 15.1 Å². The predicted octanol–water partition coefficient (Wildman–Crippen LogP) is 4.18. The van der Waals surface area contributed by atoms with E-state index in [0.717, 1.165) is 61.5 Å². The van der Waals surface area contributed by atoms with Crippen LogP contribution in [0.4, 0.5) is 5.69 Å². The van der Waals surface area contributed by atoms with Crippen LogP contribution >= 0.6 is 0 Å². The van der Waals surface area contributed by atoms with E-state index in [2.05, 4.69) is 15.5 Å². The average molecular weight is 383 g/mol. The molecule has 1 saturated heterocycles. The lowest BCUT2D eigenvalue weighted by Gasteiger charge is -2.34. The third-order valence-corrected chi connectivity index (χ3v) is 6.08. The van der Waals surface area contributed by atoms with Crippen LogP contribution in [0.1, 0.15) is 66.9 Å². The Kier molecular flexibility index (Phi) is 5.84. The first kappa shape index (κ1) is 18.8. The van der Waals surface area contributed by atoms with E-state index in [1.54, 1.807) is 13.3 Å². The van der Waals surface area contributed by atoms with Gasteiger partial charge in [-0.15, -0.1) is 0 Å². The monoisotopic (exact) mass is 382 g/mol. The number of piperidine rings is 1. The maximum Gasteiger partial charge on any atom is 0.257 e. The normalized spacial score (nSPS) is 20.8. The molecule has 2 fully saturated rings. The minimum Gasteiger partial charge on any atom is -0.497 e. The molecular weight excluding hydrogens is 352 g/mol. The van der Waals surface area contributed by atoms with E-state index in [-0.39, 0.29) is 11.9 Å². The zero-order chi connectivity index (χ0) is 19.3. The number of H-pyrrole nitrogens is 1. The summed E-state index contributed by atoms with van der Waals surface area (Å²) in [5, 5.41) is 10.9. The molecule has 1 aromatic carbocycles. The van der Waals surface area contributed by atoms with Crippen LogP contribution in [0.3, 0.4) is 0 Å². The molecule has 0 spiro atoms. The molecule has 1 aliphatic heterocycles. The molecule has 2 heterocycles. The minimum absolute atomic E-state index is 0.121. The second-order valence-electron chi connectivity index (χ2n) is 8.00. The number of rotatable bonds is 5. The van der Waals surface area contributed by atoms with Gasteiger partial charge in [0, 0.05) is 30.7 Å². The second kappa shape index (κ2) is 8.67. The first-order valence-corrected chi connectivity index (χ1v) is 10.5. The lowest BCUT2D eigenvalue weighted by Crippen LogP contribution is -2.45. The van der Waals surface area contributed by atoms with Crippen LogP contribution in [0.25, 0.3) is 0 Å². The highest BCUT2D eigenvalue weighted by molar-refractivity contribution is 5.95. The summed E-state index contributed by atoms with van der Waals surface area (Å²) in [5.74, 6) is 1.42. The molecule has 1 aliphatic carbocycles. The molecule has 0 radical (unpaired) electrons. The maximum absolute atomic E-state index is 13.2. The summed E-state index contributed by atoms with van der Waals surface area (Å²) >= 11 is 0. The van der Waals surface area contributed by atoms with Crippen LogP contribution in [0.5, 0.6) is 5.75 Å². The molecule has 1 atom stereocenters. The molecule has 28 heavy (non-hydrogen) atoms. The van der Waals surface area contributed by atoms with Gasteiger partial charge in [-0.25, -0.2) is 0 Å². The first-order valence-electron chi connectivity index (χ1n) is 10.5. The van der Waals surface area contributed by atoms with E-state index in [4.69, 9.17) is 4.74 Å². The van der Waals surface area contributed by atoms with Crippen molar-refractivity contribution >= 4 is 11.6 Å². The Bertz CT molecular complexity index is 780. The predicted molar refractivity (Wildman–Crippen MR) is 110 cm³/mol. The SMILES string of the molecule is COc1ccc(NC2CCCN(C(=O)c3cn[nH]c3C3CCCCC3)C2)cc1. The Morgan fingerprint density at radius 2 is 1.93 bits per heavy atom. The highest BCUT2D eigenvalue weighted by Crippen LogP contribution is 2.33. The Morgan fingerprint density at radius 1 is 1.14 bits per heavy atom. The molecular formula is C22H30N4O2. The van der Waals surface area contributed by atoms with Gasteiger partial charge in [0.1, 0.15) is 5.75 Å². The van der Waals surface area contributed by atoms with Crippen LogP contribution < -0.4 is 10.1 Å². The summed E-state index contributed by atoms with van der Waals surface area (Å²) in [4.78, 5) is 15.2. The van der Waals surface area contributed by atoms with Gasteiger partial charge in [0.05, 0.1) is 24.6 Å². The number of ether oxygens (including phenoxy) is 1. The standard InChI is InChI=1S/C22H30N4O2/c1-28-19-11-9-17(10-12-19)24-18-8-5-13-26(15-18)22(27)20-14-23-25-21(20)16-6-3-2-4-7-16/h9-12,14,16,18,24H,2-8,13,15H2,1H3,(H,23,25). The quantitative estimate of drug-likeness (QED) is 0.814. The number of carbonyl (C=O) groups excluding carboxylic acids is 1. The summed E-state index contributed by atoms with van der Waals surface area (Å²) < 4.78 is 5.22. The molecule has 1 unspecified atom stereocenters. The minimum atomic E-state index is 0.121. The number of anilines is 1. The van der Waals surface area contributed by atoms with Crippen molar-refractivity contribution in [3.63, 3.8) is 0 Å². The topological polar surface area (TPSA) is 70.2 Å². The number of likely N-dealkylation sites (tertiary alicyclic amines) is 1. The van der Waals surface area contributed by atoms with Crippen molar-refractivity contribution in [3.05, 3.63) is 41.7 Å². The van der Waals surface area contributed by atoms with Crippen LogP contribution in [-0.2, 0) is 0 Å². The lowest BCUT2D eigenvalue weighted by atomic mass is 9.85. The maximum atomic E-state index is 13.2. The Labute approximate surface area is 166 Å². The van der Waals surface area contributed by atoms with Crippen molar-refractivity contribution in [2.45, 2.75) is 56.9 Å². The number of nitrogens with one attached hydrogen (secondary N) is 2. The van der Waals surface area contributed by atoms with Gasteiger partial charge in [0.2, 0.25) is 0 Å². The number of aromatic amines is 1. The highest BCUT2D eigenvalue weighted by atomic mass is 16.5. The van der Waals surface area contributed by atoms with Crippen molar-refractivity contribution in [2.75, 3.05) is 25.5 Å². The second-order valence-corrected chi connectivity index (χ2v) is 8.00. The van der Waals surface area contributed by atoms with E-state index in [0.29, 0.717) is 5.92 Å². The number of hydrogen-bond acceptors (Lipinski definition) is 4. The molecule has 2 aromatic rings. The summed E-state index contributed by atoms with van der Waals surface area (Å²) in [6.45, 7) is 1.54. The number of carbonyl (C=O) groups is 1. The summed E-state index contributed by atoms with van der Waals surface area (Å²) in [6, 6.07) is 8.22. The van der Waals surface area contributed by atoms with Crippen LogP contribution in [0, 0.1) is 0 Å². The smallest absolute Gasteiger partial charge is 0.257 e. The Hall–Kier alpha value is -2.50. The zero-order valence-corrected chi connectivity index (χ0v) is 16.6. The fourth-order valence-electron chi connectivity index (χ4n) is 4.54. The fourth-order valence-corrected chi connectivity index (χ4v) is 4.54. The van der Waals surface area contributed by atoms with Gasteiger partial charge >= 0.3 is 0 Å². The summed E-state index contributed by atoms with van der Waals surface area (Å²) in [5.41, 5.74) is 2.89. The molecule has 1 aromatic heterocycles. The van der Waals surface area contributed by atoms with Crippen molar-refractivity contribution in [2.24, 2.45) is 0 Å². The molecule has 2 aliphatic rings. The number of aromatic nitrogens is 2. The van der Waals surface area contributed by atoms with Crippen LogP contribution in [0.15, 0.2) is 30.5 Å². The molecule has 1 amide bonds. The third kappa shape index (κ3) is 4.16. The average Bonchev–Trinajstić information content (AvgIpc) is 3.24. The van der Waals surface area contributed by atoms with E-state index >= 15 is 0 Å². The molecule has 6 nitrogen and oxygen atoms in total.